The van der Waals surface area contributed by atoms with Crippen LogP contribution in [0.5, 0.6) is 0 Å². The SMILES string of the molecule is CCOC(=O)[C@H]1C[C@@H]1CN(Cc1c(C)nn(C)c1C)C(=O)c1cc2ccccc2n1C. The first-order valence-electron chi connectivity index (χ1n) is 10.8. The zero-order valence-electron chi connectivity index (χ0n) is 18.9. The maximum Gasteiger partial charge on any atom is 0.309 e. The summed E-state index contributed by atoms with van der Waals surface area (Å²) in [7, 11) is 3.84. The smallest absolute Gasteiger partial charge is 0.309 e. The Hall–Kier alpha value is -3.09. The quantitative estimate of drug-likeness (QED) is 0.548. The van der Waals surface area contributed by atoms with Gasteiger partial charge in [-0.25, -0.2) is 0 Å². The molecule has 0 unspecified atom stereocenters. The Bertz CT molecular complexity index is 1140. The molecule has 0 spiro atoms. The number of nitrogens with zero attached hydrogens (tertiary/aromatic N) is 4. The molecule has 164 valence electrons. The van der Waals surface area contributed by atoms with Gasteiger partial charge in [0.1, 0.15) is 5.69 Å². The zero-order valence-corrected chi connectivity index (χ0v) is 18.9. The number of aryl methyl sites for hydroxylation is 3. The van der Waals surface area contributed by atoms with Crippen molar-refractivity contribution < 1.29 is 14.3 Å². The molecule has 3 aromatic rings. The Morgan fingerprint density at radius 1 is 1.23 bits per heavy atom. The van der Waals surface area contributed by atoms with E-state index in [0.29, 0.717) is 25.4 Å². The molecule has 0 bridgehead atoms. The molecule has 1 aliphatic carbocycles. The minimum Gasteiger partial charge on any atom is -0.466 e. The van der Waals surface area contributed by atoms with Crippen LogP contribution in [0.25, 0.3) is 10.9 Å². The van der Waals surface area contributed by atoms with Gasteiger partial charge < -0.3 is 14.2 Å². The molecule has 0 N–H and O–H groups in total. The summed E-state index contributed by atoms with van der Waals surface area (Å²) in [5.41, 5.74) is 4.70. The Balaban J connectivity index is 1.63. The lowest BCUT2D eigenvalue weighted by atomic mass is 10.1. The van der Waals surface area contributed by atoms with Crippen LogP contribution in [0.4, 0.5) is 0 Å². The summed E-state index contributed by atoms with van der Waals surface area (Å²) >= 11 is 0. The van der Waals surface area contributed by atoms with Crippen molar-refractivity contribution in [2.45, 2.75) is 33.7 Å². The van der Waals surface area contributed by atoms with Gasteiger partial charge >= 0.3 is 5.97 Å². The molecule has 0 aliphatic heterocycles. The molecule has 1 fully saturated rings. The van der Waals surface area contributed by atoms with E-state index in [1.54, 1.807) is 0 Å². The lowest BCUT2D eigenvalue weighted by Crippen LogP contribution is -2.34. The van der Waals surface area contributed by atoms with E-state index in [0.717, 1.165) is 34.3 Å². The Morgan fingerprint density at radius 2 is 1.97 bits per heavy atom. The lowest BCUT2D eigenvalue weighted by molar-refractivity contribution is -0.145. The predicted octanol–water partition coefficient (Wildman–Crippen LogP) is 3.37. The summed E-state index contributed by atoms with van der Waals surface area (Å²) in [6, 6.07) is 9.94. The van der Waals surface area contributed by atoms with Crippen LogP contribution in [0.1, 0.15) is 40.8 Å². The van der Waals surface area contributed by atoms with Crippen LogP contribution in [0.15, 0.2) is 30.3 Å². The highest BCUT2D eigenvalue weighted by molar-refractivity contribution is 5.98. The molecule has 2 aromatic heterocycles. The zero-order chi connectivity index (χ0) is 22.3. The average molecular weight is 423 g/mol. The third kappa shape index (κ3) is 3.96. The van der Waals surface area contributed by atoms with E-state index in [-0.39, 0.29) is 23.7 Å². The molecule has 1 aromatic carbocycles. The second-order valence-corrected chi connectivity index (χ2v) is 8.46. The average Bonchev–Trinajstić information content (AvgIpc) is 3.38. The molecule has 1 amide bonds. The number of rotatable bonds is 7. The molecule has 1 saturated carbocycles. The lowest BCUT2D eigenvalue weighted by Gasteiger charge is -2.23. The monoisotopic (exact) mass is 422 g/mol. The highest BCUT2D eigenvalue weighted by Crippen LogP contribution is 2.40. The van der Waals surface area contributed by atoms with E-state index in [4.69, 9.17) is 4.74 Å². The number of hydrogen-bond donors (Lipinski definition) is 0. The molecule has 7 nitrogen and oxygen atoms in total. The van der Waals surface area contributed by atoms with E-state index < -0.39 is 0 Å². The first-order valence-corrected chi connectivity index (χ1v) is 10.8. The number of benzene rings is 1. The molecule has 2 heterocycles. The van der Waals surface area contributed by atoms with Gasteiger partial charge in [0.05, 0.1) is 18.2 Å². The molecule has 31 heavy (non-hydrogen) atoms. The van der Waals surface area contributed by atoms with Crippen LogP contribution < -0.4 is 0 Å². The number of carbonyl (C=O) groups excluding carboxylic acids is 2. The van der Waals surface area contributed by atoms with E-state index in [1.165, 1.54) is 0 Å². The number of hydrogen-bond acceptors (Lipinski definition) is 4. The van der Waals surface area contributed by atoms with E-state index in [9.17, 15) is 9.59 Å². The molecule has 0 saturated heterocycles. The first kappa shape index (κ1) is 21.2. The van der Waals surface area contributed by atoms with Crippen molar-refractivity contribution in [2.24, 2.45) is 25.9 Å². The maximum absolute atomic E-state index is 13.7. The van der Waals surface area contributed by atoms with Crippen LogP contribution in [0.2, 0.25) is 0 Å². The van der Waals surface area contributed by atoms with Gasteiger partial charge in [0.25, 0.3) is 5.91 Å². The molecular weight excluding hydrogens is 392 g/mol. The Morgan fingerprint density at radius 3 is 2.61 bits per heavy atom. The molecular formula is C24H30N4O3. The minimum absolute atomic E-state index is 0.0316. The molecule has 2 atom stereocenters. The van der Waals surface area contributed by atoms with Gasteiger partial charge in [0, 0.05) is 49.3 Å². The number of esters is 1. The third-order valence-electron chi connectivity index (χ3n) is 6.43. The van der Waals surface area contributed by atoms with Gasteiger partial charge in [-0.15, -0.1) is 0 Å². The number of ether oxygens (including phenoxy) is 1. The second-order valence-electron chi connectivity index (χ2n) is 8.46. The fraction of sp³-hybridized carbons (Fsp3) is 0.458. The maximum atomic E-state index is 13.7. The fourth-order valence-electron chi connectivity index (χ4n) is 4.38. The third-order valence-corrected chi connectivity index (χ3v) is 6.43. The minimum atomic E-state index is -0.154. The highest BCUT2D eigenvalue weighted by Gasteiger charge is 2.45. The summed E-state index contributed by atoms with van der Waals surface area (Å²) in [4.78, 5) is 27.7. The van der Waals surface area contributed by atoms with E-state index in [2.05, 4.69) is 5.10 Å². The second kappa shape index (κ2) is 8.21. The normalized spacial score (nSPS) is 17.7. The summed E-state index contributed by atoms with van der Waals surface area (Å²) in [6.07, 6.45) is 0.767. The molecule has 4 rings (SSSR count). The largest absolute Gasteiger partial charge is 0.466 e. The van der Waals surface area contributed by atoms with Crippen molar-refractivity contribution in [3.8, 4) is 0 Å². The van der Waals surface area contributed by atoms with Crippen molar-refractivity contribution in [3.05, 3.63) is 53.0 Å². The van der Waals surface area contributed by atoms with Gasteiger partial charge in [0.15, 0.2) is 0 Å². The predicted molar refractivity (Wildman–Crippen MR) is 119 cm³/mol. The molecule has 7 heteroatoms. The topological polar surface area (TPSA) is 69.4 Å². The van der Waals surface area contributed by atoms with Crippen LogP contribution in [0.3, 0.4) is 0 Å². The van der Waals surface area contributed by atoms with Crippen LogP contribution in [0, 0.1) is 25.7 Å². The molecule has 0 radical (unpaired) electrons. The van der Waals surface area contributed by atoms with Crippen LogP contribution in [-0.4, -0.2) is 44.3 Å². The van der Waals surface area contributed by atoms with Crippen LogP contribution >= 0.6 is 0 Å². The van der Waals surface area contributed by atoms with Crippen molar-refractivity contribution in [1.29, 1.82) is 0 Å². The van der Waals surface area contributed by atoms with Gasteiger partial charge in [-0.3, -0.25) is 14.3 Å². The number of carbonyl (C=O) groups is 2. The number of para-hydroxylation sites is 1. The van der Waals surface area contributed by atoms with Crippen molar-refractivity contribution in [1.82, 2.24) is 19.2 Å². The van der Waals surface area contributed by atoms with Crippen molar-refractivity contribution >= 4 is 22.8 Å². The van der Waals surface area contributed by atoms with Gasteiger partial charge in [-0.05, 0) is 45.2 Å². The van der Waals surface area contributed by atoms with Crippen LogP contribution in [-0.2, 0) is 30.2 Å². The number of fused-ring (bicyclic) bond motifs is 1. The van der Waals surface area contributed by atoms with Gasteiger partial charge in [-0.2, -0.15) is 5.10 Å². The fourth-order valence-corrected chi connectivity index (χ4v) is 4.38. The Labute approximate surface area is 182 Å². The number of aromatic nitrogens is 3. The summed E-state index contributed by atoms with van der Waals surface area (Å²) < 4.78 is 8.98. The van der Waals surface area contributed by atoms with E-state index >= 15 is 0 Å². The summed E-state index contributed by atoms with van der Waals surface area (Å²) in [6.45, 7) is 7.19. The first-order chi connectivity index (χ1) is 14.8. The van der Waals surface area contributed by atoms with Gasteiger partial charge in [0.2, 0.25) is 0 Å². The van der Waals surface area contributed by atoms with Gasteiger partial charge in [-0.1, -0.05) is 18.2 Å². The standard InChI is InChI=1S/C24H30N4O3/c1-6-31-24(30)19-11-18(19)13-28(14-20-15(2)25-27(5)16(20)3)23(29)22-12-17-9-7-8-10-21(17)26(22)4/h7-10,12,18-19H,6,11,13-14H2,1-5H3/t18-,19+/m1/s1. The van der Waals surface area contributed by atoms with Crippen molar-refractivity contribution in [2.75, 3.05) is 13.2 Å². The highest BCUT2D eigenvalue weighted by atomic mass is 16.5. The number of amides is 1. The Kier molecular flexibility index (Phi) is 5.60. The summed E-state index contributed by atoms with van der Waals surface area (Å²) in [5, 5.41) is 5.55. The van der Waals surface area contributed by atoms with Crippen molar-refractivity contribution in [3.63, 3.8) is 0 Å². The molecule has 1 aliphatic rings. The van der Waals surface area contributed by atoms with E-state index in [1.807, 2.05) is 79.3 Å². The summed E-state index contributed by atoms with van der Waals surface area (Å²) in [5.74, 6) is -0.164.